The maximum absolute atomic E-state index is 14.0. The Kier molecular flexibility index (Phi) is 9.56. The van der Waals surface area contributed by atoms with Crippen molar-refractivity contribution in [3.05, 3.63) is 78.2 Å². The van der Waals surface area contributed by atoms with E-state index in [1.165, 1.54) is 17.8 Å². The fraction of sp³-hybridized carbons (Fsp3) is 0.371. The van der Waals surface area contributed by atoms with Crippen LogP contribution in [0.1, 0.15) is 40.0 Å². The van der Waals surface area contributed by atoms with Crippen molar-refractivity contribution >= 4 is 32.6 Å². The summed E-state index contributed by atoms with van der Waals surface area (Å²) in [6, 6.07) is 19.5. The molecule has 1 aliphatic carbocycles. The number of hydrogen-bond acceptors (Lipinski definition) is 6. The van der Waals surface area contributed by atoms with Gasteiger partial charge in [-0.15, -0.1) is 0 Å². The molecule has 0 bridgehead atoms. The Hall–Kier alpha value is -3.95. The zero-order valence-corrected chi connectivity index (χ0v) is 27.0. The van der Waals surface area contributed by atoms with Gasteiger partial charge in [-0.1, -0.05) is 24.8 Å². The van der Waals surface area contributed by atoms with Gasteiger partial charge in [-0.25, -0.2) is 17.8 Å². The summed E-state index contributed by atoms with van der Waals surface area (Å²) in [5.74, 6) is 0.162. The molecule has 2 aliphatic heterocycles. The molecule has 0 aromatic heterocycles. The number of hydrogen-bond donors (Lipinski definition) is 0. The predicted molar refractivity (Wildman–Crippen MR) is 176 cm³/mol. The monoisotopic (exact) mass is 616 g/mol. The lowest BCUT2D eigenvalue weighted by molar-refractivity contribution is -0.139. The molecule has 0 radical (unpaired) electrons. The van der Waals surface area contributed by atoms with E-state index in [4.69, 9.17) is 9.15 Å². The van der Waals surface area contributed by atoms with E-state index in [0.717, 1.165) is 66.6 Å². The number of anilines is 1. The summed E-state index contributed by atoms with van der Waals surface area (Å²) in [5, 5.41) is 1.94. The number of esters is 1. The van der Waals surface area contributed by atoms with Crippen molar-refractivity contribution in [1.82, 2.24) is 8.88 Å². The Labute approximate surface area is 260 Å². The summed E-state index contributed by atoms with van der Waals surface area (Å²) >= 11 is 0. The molecule has 44 heavy (non-hydrogen) atoms. The van der Waals surface area contributed by atoms with E-state index in [2.05, 4.69) is 60.2 Å². The van der Waals surface area contributed by atoms with Crippen molar-refractivity contribution < 1.29 is 22.4 Å². The lowest BCUT2D eigenvalue weighted by atomic mass is 9.93. The molecule has 0 saturated carbocycles. The Balaban J connectivity index is 1.69. The quantitative estimate of drug-likeness (QED) is 0.0978. The molecule has 1 saturated heterocycles. The van der Waals surface area contributed by atoms with Crippen LogP contribution in [0.25, 0.3) is 33.4 Å². The zero-order valence-electron chi connectivity index (χ0n) is 26.1. The first kappa shape index (κ1) is 31.5. The number of sulfonamides is 1. The number of piperidine rings is 1. The molecule has 0 spiro atoms. The smallest absolute Gasteiger partial charge is 0.333 e. The summed E-state index contributed by atoms with van der Waals surface area (Å²) in [5.41, 5.74) is 4.24. The van der Waals surface area contributed by atoms with Crippen molar-refractivity contribution in [1.29, 1.82) is 0 Å². The Morgan fingerprint density at radius 1 is 0.977 bits per heavy atom. The lowest BCUT2D eigenvalue weighted by Gasteiger charge is -2.23. The SMILES string of the molecule is C=C(C)C(=O)OCCN(C)S(=O)(=O)c1ccccc1-c1c2ccc(=[N+]3CCCCC3)cc-2oc2cc(N(CC)CC)ccc12. The van der Waals surface area contributed by atoms with Gasteiger partial charge in [0.15, 0.2) is 0 Å². The van der Waals surface area contributed by atoms with Crippen LogP contribution in [-0.4, -0.2) is 65.1 Å². The molecule has 2 heterocycles. The van der Waals surface area contributed by atoms with E-state index in [-0.39, 0.29) is 23.6 Å². The second-order valence-electron chi connectivity index (χ2n) is 11.3. The van der Waals surface area contributed by atoms with Gasteiger partial charge in [0, 0.05) is 85.0 Å². The number of fused-ring (bicyclic) bond motifs is 2. The second-order valence-corrected chi connectivity index (χ2v) is 13.3. The number of nitrogens with zero attached hydrogens (tertiary/aromatic N) is 3. The first-order valence-electron chi connectivity index (χ1n) is 15.4. The molecular weight excluding hydrogens is 574 g/mol. The van der Waals surface area contributed by atoms with Gasteiger partial charge in [0.05, 0.1) is 11.0 Å². The topological polar surface area (TPSA) is 83.1 Å². The highest BCUT2D eigenvalue weighted by Crippen LogP contribution is 2.43. The van der Waals surface area contributed by atoms with Gasteiger partial charge in [-0.2, -0.15) is 4.31 Å². The number of carbonyl (C=O) groups is 1. The van der Waals surface area contributed by atoms with E-state index in [1.54, 1.807) is 19.1 Å². The highest BCUT2D eigenvalue weighted by atomic mass is 32.2. The molecule has 3 aliphatic rings. The van der Waals surface area contributed by atoms with Gasteiger partial charge in [-0.3, -0.25) is 0 Å². The average molecular weight is 617 g/mol. The molecule has 2 aromatic carbocycles. The molecule has 1 fully saturated rings. The molecule has 232 valence electrons. The summed E-state index contributed by atoms with van der Waals surface area (Å²) < 4.78 is 43.5. The largest absolute Gasteiger partial charge is 0.461 e. The predicted octanol–water partition coefficient (Wildman–Crippen LogP) is 5.75. The lowest BCUT2D eigenvalue weighted by Crippen LogP contribution is -2.34. The number of ether oxygens (including phenoxy) is 1. The van der Waals surface area contributed by atoms with Crippen LogP contribution in [0, 0.1) is 0 Å². The van der Waals surface area contributed by atoms with Crippen LogP contribution in [-0.2, 0) is 19.6 Å². The van der Waals surface area contributed by atoms with Crippen molar-refractivity contribution in [2.75, 3.05) is 51.3 Å². The second kappa shape index (κ2) is 13.4. The molecule has 5 rings (SSSR count). The first-order chi connectivity index (χ1) is 21.1. The van der Waals surface area contributed by atoms with Crippen molar-refractivity contribution in [2.45, 2.75) is 44.9 Å². The zero-order chi connectivity index (χ0) is 31.4. The van der Waals surface area contributed by atoms with E-state index < -0.39 is 16.0 Å². The van der Waals surface area contributed by atoms with Crippen LogP contribution in [0.4, 0.5) is 5.69 Å². The van der Waals surface area contributed by atoms with Gasteiger partial charge in [-0.05, 0) is 51.5 Å². The van der Waals surface area contributed by atoms with Crippen LogP contribution in [0.5, 0.6) is 0 Å². The van der Waals surface area contributed by atoms with E-state index in [0.29, 0.717) is 16.9 Å². The molecule has 0 atom stereocenters. The number of rotatable bonds is 10. The molecule has 2 aromatic rings. The normalized spacial score (nSPS) is 13.9. The molecule has 0 N–H and O–H groups in total. The van der Waals surface area contributed by atoms with Crippen LogP contribution < -0.4 is 14.8 Å². The molecule has 9 heteroatoms. The number of carbonyl (C=O) groups excluding carboxylic acids is 1. The van der Waals surface area contributed by atoms with Crippen LogP contribution >= 0.6 is 0 Å². The average Bonchev–Trinajstić information content (AvgIpc) is 3.04. The summed E-state index contributed by atoms with van der Waals surface area (Å²) in [4.78, 5) is 14.3. The van der Waals surface area contributed by atoms with Crippen LogP contribution in [0.15, 0.2) is 82.1 Å². The molecular formula is C35H42N3O5S+. The van der Waals surface area contributed by atoms with Crippen molar-refractivity contribution in [3.8, 4) is 22.5 Å². The molecule has 8 nitrogen and oxygen atoms in total. The number of benzene rings is 3. The van der Waals surface area contributed by atoms with Crippen LogP contribution in [0.3, 0.4) is 0 Å². The third-order valence-corrected chi connectivity index (χ3v) is 10.3. The van der Waals surface area contributed by atoms with Crippen molar-refractivity contribution in [3.63, 3.8) is 0 Å². The number of likely N-dealkylation sites (N-methyl/N-ethyl adjacent to an activating group) is 1. The highest BCUT2D eigenvalue weighted by molar-refractivity contribution is 7.89. The van der Waals surface area contributed by atoms with Crippen LogP contribution in [0.2, 0.25) is 0 Å². The summed E-state index contributed by atoms with van der Waals surface area (Å²) in [6.07, 6.45) is 3.57. The minimum absolute atomic E-state index is 0.00767. The standard InChI is InChI=1S/C35H42N3O5S/c1-6-37(7-2)26-15-17-28-31(23-26)43-32-24-27(38-19-11-8-12-20-38)16-18-29(32)34(28)30-13-9-10-14-33(30)44(40,41)36(5)21-22-42-35(39)25(3)4/h9-10,13-18,23-24H,3,6-8,11-12,19-22H2,1-2,4-5H3/q+1. The summed E-state index contributed by atoms with van der Waals surface area (Å²) in [7, 11) is -2.46. The third-order valence-electron chi connectivity index (χ3n) is 8.37. The minimum Gasteiger partial charge on any atom is -0.461 e. The maximum Gasteiger partial charge on any atom is 0.333 e. The fourth-order valence-corrected chi connectivity index (χ4v) is 7.22. The molecule has 0 unspecified atom stereocenters. The highest BCUT2D eigenvalue weighted by Gasteiger charge is 2.28. The Bertz CT molecular complexity index is 1830. The van der Waals surface area contributed by atoms with Gasteiger partial charge in [0.25, 0.3) is 0 Å². The van der Waals surface area contributed by atoms with Gasteiger partial charge in [0.1, 0.15) is 31.0 Å². The third kappa shape index (κ3) is 6.30. The maximum atomic E-state index is 14.0. The van der Waals surface area contributed by atoms with E-state index in [1.807, 2.05) is 18.2 Å². The first-order valence-corrected chi connectivity index (χ1v) is 16.8. The van der Waals surface area contributed by atoms with Gasteiger partial charge in [0.2, 0.25) is 15.4 Å². The van der Waals surface area contributed by atoms with Crippen molar-refractivity contribution in [2.24, 2.45) is 0 Å². The fourth-order valence-electron chi connectivity index (χ4n) is 5.87. The summed E-state index contributed by atoms with van der Waals surface area (Å²) in [6.45, 7) is 13.0. The molecule has 0 amide bonds. The van der Waals surface area contributed by atoms with Gasteiger partial charge < -0.3 is 14.1 Å². The van der Waals surface area contributed by atoms with Gasteiger partial charge >= 0.3 is 5.97 Å². The Morgan fingerprint density at radius 2 is 1.70 bits per heavy atom. The Morgan fingerprint density at radius 3 is 2.41 bits per heavy atom. The van der Waals surface area contributed by atoms with E-state index in [9.17, 15) is 13.2 Å². The van der Waals surface area contributed by atoms with E-state index >= 15 is 0 Å². The minimum atomic E-state index is -3.96.